The summed E-state index contributed by atoms with van der Waals surface area (Å²) in [5, 5.41) is 2.69. The standard InChI is InChI=1S/C19H22N2O4S/c1-20-19(22)17-6-5-16(26-17)13-4-3-7-21(13)10-12-8-14(23-2)18-15(9-12)24-11-25-18/h5-6,8-9,13H,3-4,7,10-11H2,1-2H3,(H,20,22). The maximum atomic E-state index is 11.8. The minimum Gasteiger partial charge on any atom is -0.493 e. The molecule has 0 saturated carbocycles. The van der Waals surface area contributed by atoms with Crippen LogP contribution >= 0.6 is 11.3 Å². The Balaban J connectivity index is 1.54. The Morgan fingerprint density at radius 2 is 2.27 bits per heavy atom. The number of amides is 1. The number of hydrogen-bond donors (Lipinski definition) is 1. The molecule has 4 rings (SSSR count). The summed E-state index contributed by atoms with van der Waals surface area (Å²) in [6, 6.07) is 8.39. The van der Waals surface area contributed by atoms with E-state index >= 15 is 0 Å². The van der Waals surface area contributed by atoms with Crippen molar-refractivity contribution in [1.82, 2.24) is 10.2 Å². The average molecular weight is 374 g/mol. The summed E-state index contributed by atoms with van der Waals surface area (Å²) in [5.41, 5.74) is 1.14. The first-order valence-electron chi connectivity index (χ1n) is 8.72. The molecule has 2 aliphatic heterocycles. The molecule has 1 aromatic carbocycles. The third-order valence-corrected chi connectivity index (χ3v) is 6.06. The van der Waals surface area contributed by atoms with Gasteiger partial charge in [-0.15, -0.1) is 11.3 Å². The fraction of sp³-hybridized carbons (Fsp3) is 0.421. The Labute approximate surface area is 156 Å². The van der Waals surface area contributed by atoms with E-state index in [2.05, 4.69) is 16.3 Å². The molecule has 1 saturated heterocycles. The smallest absolute Gasteiger partial charge is 0.261 e. The lowest BCUT2D eigenvalue weighted by atomic mass is 10.1. The van der Waals surface area contributed by atoms with E-state index in [-0.39, 0.29) is 12.7 Å². The number of rotatable bonds is 5. The van der Waals surface area contributed by atoms with Crippen LogP contribution in [0.1, 0.15) is 39.0 Å². The highest BCUT2D eigenvalue weighted by molar-refractivity contribution is 7.14. The van der Waals surface area contributed by atoms with Gasteiger partial charge in [-0.1, -0.05) is 0 Å². The minimum atomic E-state index is -0.0219. The molecule has 1 N–H and O–H groups in total. The Hall–Kier alpha value is -2.25. The molecule has 1 fully saturated rings. The minimum absolute atomic E-state index is 0.0219. The number of thiophene rings is 1. The van der Waals surface area contributed by atoms with E-state index in [1.165, 1.54) is 4.88 Å². The molecule has 2 aromatic rings. The number of carbonyl (C=O) groups is 1. The summed E-state index contributed by atoms with van der Waals surface area (Å²) in [6.07, 6.45) is 2.26. The van der Waals surface area contributed by atoms with E-state index in [1.807, 2.05) is 18.2 Å². The maximum Gasteiger partial charge on any atom is 0.261 e. The van der Waals surface area contributed by atoms with Gasteiger partial charge in [-0.3, -0.25) is 9.69 Å². The van der Waals surface area contributed by atoms with Crippen LogP contribution in [0.3, 0.4) is 0 Å². The zero-order valence-corrected chi connectivity index (χ0v) is 15.7. The predicted octanol–water partition coefficient (Wildman–Crippen LogP) is 3.18. The zero-order chi connectivity index (χ0) is 18.1. The van der Waals surface area contributed by atoms with E-state index in [9.17, 15) is 4.79 Å². The Morgan fingerprint density at radius 3 is 3.08 bits per heavy atom. The van der Waals surface area contributed by atoms with E-state index in [4.69, 9.17) is 14.2 Å². The number of hydrogen-bond acceptors (Lipinski definition) is 6. The molecule has 1 aromatic heterocycles. The predicted molar refractivity (Wildman–Crippen MR) is 99.2 cm³/mol. The van der Waals surface area contributed by atoms with Crippen LogP contribution in [0.25, 0.3) is 0 Å². The second kappa shape index (κ2) is 7.17. The van der Waals surface area contributed by atoms with Gasteiger partial charge in [0, 0.05) is 24.5 Å². The van der Waals surface area contributed by atoms with E-state index in [1.54, 1.807) is 25.5 Å². The van der Waals surface area contributed by atoms with Crippen LogP contribution in [0.15, 0.2) is 24.3 Å². The summed E-state index contributed by atoms with van der Waals surface area (Å²) < 4.78 is 16.5. The Bertz CT molecular complexity index is 820. The quantitative estimate of drug-likeness (QED) is 0.871. The van der Waals surface area contributed by atoms with Crippen molar-refractivity contribution in [3.63, 3.8) is 0 Å². The Morgan fingerprint density at radius 1 is 1.38 bits per heavy atom. The molecule has 1 unspecified atom stereocenters. The molecular formula is C19H22N2O4S. The van der Waals surface area contributed by atoms with Gasteiger partial charge in [0.25, 0.3) is 5.91 Å². The highest BCUT2D eigenvalue weighted by Gasteiger charge is 2.29. The SMILES string of the molecule is CNC(=O)c1ccc(C2CCCN2Cc2cc(OC)c3c(c2)OCO3)s1. The van der Waals surface area contributed by atoms with Gasteiger partial charge in [0.2, 0.25) is 12.5 Å². The fourth-order valence-corrected chi connectivity index (χ4v) is 4.75. The van der Waals surface area contributed by atoms with Crippen LogP contribution in [0.5, 0.6) is 17.2 Å². The van der Waals surface area contributed by atoms with Gasteiger partial charge >= 0.3 is 0 Å². The van der Waals surface area contributed by atoms with Crippen LogP contribution in [0, 0.1) is 0 Å². The van der Waals surface area contributed by atoms with Crippen molar-refractivity contribution in [3.8, 4) is 17.2 Å². The molecule has 0 aliphatic carbocycles. The van der Waals surface area contributed by atoms with Crippen molar-refractivity contribution in [1.29, 1.82) is 0 Å². The number of methoxy groups -OCH3 is 1. The van der Waals surface area contributed by atoms with Crippen LogP contribution in [-0.2, 0) is 6.54 Å². The molecule has 26 heavy (non-hydrogen) atoms. The van der Waals surface area contributed by atoms with Gasteiger partial charge in [-0.2, -0.15) is 0 Å². The zero-order valence-electron chi connectivity index (χ0n) is 14.9. The third kappa shape index (κ3) is 3.12. The van der Waals surface area contributed by atoms with Crippen molar-refractivity contribution in [2.24, 2.45) is 0 Å². The van der Waals surface area contributed by atoms with E-state index < -0.39 is 0 Å². The molecule has 6 nitrogen and oxygen atoms in total. The number of fused-ring (bicyclic) bond motifs is 1. The van der Waals surface area contributed by atoms with Crippen molar-refractivity contribution in [2.75, 3.05) is 27.5 Å². The molecule has 1 amide bonds. The topological polar surface area (TPSA) is 60.0 Å². The number of ether oxygens (including phenoxy) is 3. The lowest BCUT2D eigenvalue weighted by Crippen LogP contribution is -2.22. The monoisotopic (exact) mass is 374 g/mol. The second-order valence-corrected chi connectivity index (χ2v) is 7.56. The lowest BCUT2D eigenvalue weighted by molar-refractivity contribution is 0.0967. The molecule has 3 heterocycles. The summed E-state index contributed by atoms with van der Waals surface area (Å²) >= 11 is 1.58. The van der Waals surface area contributed by atoms with Gasteiger partial charge < -0.3 is 19.5 Å². The first-order valence-corrected chi connectivity index (χ1v) is 9.53. The largest absolute Gasteiger partial charge is 0.493 e. The van der Waals surface area contributed by atoms with E-state index in [0.29, 0.717) is 17.5 Å². The summed E-state index contributed by atoms with van der Waals surface area (Å²) in [6.45, 7) is 2.08. The summed E-state index contributed by atoms with van der Waals surface area (Å²) in [4.78, 5) is 16.3. The number of nitrogens with zero attached hydrogens (tertiary/aromatic N) is 1. The molecule has 1 atom stereocenters. The average Bonchev–Trinajstić information content (AvgIpc) is 3.39. The Kier molecular flexibility index (Phi) is 4.74. The van der Waals surface area contributed by atoms with Crippen molar-refractivity contribution < 1.29 is 19.0 Å². The van der Waals surface area contributed by atoms with Crippen molar-refractivity contribution in [3.05, 3.63) is 39.6 Å². The normalized spacial score (nSPS) is 18.9. The highest BCUT2D eigenvalue weighted by atomic mass is 32.1. The highest BCUT2D eigenvalue weighted by Crippen LogP contribution is 2.43. The third-order valence-electron chi connectivity index (χ3n) is 4.87. The van der Waals surface area contributed by atoms with Crippen LogP contribution in [-0.4, -0.2) is 38.3 Å². The van der Waals surface area contributed by atoms with Gasteiger partial charge in [-0.05, 0) is 49.2 Å². The van der Waals surface area contributed by atoms with Crippen molar-refractivity contribution >= 4 is 17.2 Å². The number of likely N-dealkylation sites (tertiary alicyclic amines) is 1. The number of benzene rings is 1. The van der Waals surface area contributed by atoms with Gasteiger partial charge in [0.1, 0.15) is 0 Å². The van der Waals surface area contributed by atoms with Gasteiger partial charge in [0.05, 0.1) is 12.0 Å². The number of nitrogens with one attached hydrogen (secondary N) is 1. The molecular weight excluding hydrogens is 352 g/mol. The summed E-state index contributed by atoms with van der Waals surface area (Å²) in [7, 11) is 3.31. The lowest BCUT2D eigenvalue weighted by Gasteiger charge is -2.24. The fourth-order valence-electron chi connectivity index (χ4n) is 3.62. The van der Waals surface area contributed by atoms with Crippen LogP contribution < -0.4 is 19.5 Å². The molecule has 138 valence electrons. The first kappa shape index (κ1) is 17.2. The molecule has 0 radical (unpaired) electrons. The van der Waals surface area contributed by atoms with Gasteiger partial charge in [-0.25, -0.2) is 0 Å². The molecule has 0 spiro atoms. The number of carbonyl (C=O) groups excluding carboxylic acids is 1. The second-order valence-electron chi connectivity index (χ2n) is 6.44. The van der Waals surface area contributed by atoms with Gasteiger partial charge in [0.15, 0.2) is 11.5 Å². The molecule has 7 heteroatoms. The van der Waals surface area contributed by atoms with Crippen LogP contribution in [0.2, 0.25) is 0 Å². The van der Waals surface area contributed by atoms with E-state index in [0.717, 1.165) is 42.1 Å². The molecule has 0 bridgehead atoms. The maximum absolute atomic E-state index is 11.8. The van der Waals surface area contributed by atoms with Crippen LogP contribution in [0.4, 0.5) is 0 Å². The van der Waals surface area contributed by atoms with Crippen molar-refractivity contribution in [2.45, 2.75) is 25.4 Å². The summed E-state index contributed by atoms with van der Waals surface area (Å²) in [5.74, 6) is 2.12. The first-order chi connectivity index (χ1) is 12.7. The molecule has 2 aliphatic rings.